The minimum Gasteiger partial charge on any atom is -0.481 e. The Morgan fingerprint density at radius 3 is 2.36 bits per heavy atom. The lowest BCUT2D eigenvalue weighted by molar-refractivity contribution is -0.142. The van der Waals surface area contributed by atoms with Crippen molar-refractivity contribution in [2.24, 2.45) is 17.8 Å². The number of rotatable bonds is 7. The van der Waals surface area contributed by atoms with Gasteiger partial charge in [-0.25, -0.2) is 4.79 Å². The SMILES string of the molecule is Cc1ccc(CNC(=O)NC(CC(C)C)C(=O)N2C[C@@H](C)[C@H](C(=O)O)C2)cc1. The molecule has 0 radical (unpaired) electrons. The maximum atomic E-state index is 12.9. The fourth-order valence-electron chi connectivity index (χ4n) is 3.48. The number of carbonyl (C=O) groups is 3. The Bertz CT molecular complexity index is 702. The standard InChI is InChI=1S/C21H31N3O4/c1-13(2)9-18(19(25)24-11-15(4)17(12-24)20(26)27)23-21(28)22-10-16-7-5-14(3)6-8-16/h5-8,13,15,17-18H,9-12H2,1-4H3,(H,26,27)(H2,22,23,28)/t15-,17-,18?/m1/s1. The molecule has 7 nitrogen and oxygen atoms in total. The predicted octanol–water partition coefficient (Wildman–Crippen LogP) is 2.39. The highest BCUT2D eigenvalue weighted by molar-refractivity contribution is 5.88. The number of aliphatic carboxylic acids is 1. The van der Waals surface area contributed by atoms with Crippen LogP contribution in [0.1, 0.15) is 38.3 Å². The molecule has 154 valence electrons. The summed E-state index contributed by atoms with van der Waals surface area (Å²) in [5.74, 6) is -1.54. The number of carboxylic acid groups (broad SMARTS) is 1. The van der Waals surface area contributed by atoms with Crippen LogP contribution in [-0.2, 0) is 16.1 Å². The fourth-order valence-corrected chi connectivity index (χ4v) is 3.48. The van der Waals surface area contributed by atoms with Gasteiger partial charge < -0.3 is 20.6 Å². The summed E-state index contributed by atoms with van der Waals surface area (Å²) in [5, 5.41) is 14.9. The monoisotopic (exact) mass is 389 g/mol. The van der Waals surface area contributed by atoms with Crippen LogP contribution < -0.4 is 10.6 Å². The van der Waals surface area contributed by atoms with E-state index >= 15 is 0 Å². The first-order valence-electron chi connectivity index (χ1n) is 9.78. The molecular weight excluding hydrogens is 358 g/mol. The third-order valence-electron chi connectivity index (χ3n) is 5.13. The van der Waals surface area contributed by atoms with Crippen LogP contribution in [0.3, 0.4) is 0 Å². The number of urea groups is 1. The lowest BCUT2D eigenvalue weighted by Crippen LogP contribution is -2.51. The Kier molecular flexibility index (Phi) is 7.43. The number of hydrogen-bond donors (Lipinski definition) is 3. The van der Waals surface area contributed by atoms with E-state index in [2.05, 4.69) is 10.6 Å². The first kappa shape index (κ1) is 21.7. The molecule has 0 aromatic heterocycles. The van der Waals surface area contributed by atoms with E-state index < -0.39 is 24.0 Å². The molecule has 1 aromatic carbocycles. The fraction of sp³-hybridized carbons (Fsp3) is 0.571. The third-order valence-corrected chi connectivity index (χ3v) is 5.13. The smallest absolute Gasteiger partial charge is 0.315 e. The molecule has 1 aromatic rings. The Hall–Kier alpha value is -2.57. The molecule has 7 heteroatoms. The largest absolute Gasteiger partial charge is 0.481 e. The maximum Gasteiger partial charge on any atom is 0.315 e. The van der Waals surface area contributed by atoms with Crippen molar-refractivity contribution in [3.8, 4) is 0 Å². The zero-order valence-electron chi connectivity index (χ0n) is 17.1. The van der Waals surface area contributed by atoms with E-state index in [0.29, 0.717) is 19.5 Å². The predicted molar refractivity (Wildman–Crippen MR) is 107 cm³/mol. The minimum atomic E-state index is -0.882. The second-order valence-corrected chi connectivity index (χ2v) is 8.16. The number of benzene rings is 1. The Morgan fingerprint density at radius 2 is 1.82 bits per heavy atom. The summed E-state index contributed by atoms with van der Waals surface area (Å²) in [6.45, 7) is 8.77. The van der Waals surface area contributed by atoms with E-state index in [0.717, 1.165) is 11.1 Å². The van der Waals surface area contributed by atoms with Crippen LogP contribution in [0.4, 0.5) is 4.79 Å². The molecule has 1 fully saturated rings. The highest BCUT2D eigenvalue weighted by Gasteiger charge is 2.39. The molecule has 0 bridgehead atoms. The summed E-state index contributed by atoms with van der Waals surface area (Å²) >= 11 is 0. The van der Waals surface area contributed by atoms with Gasteiger partial charge in [0.25, 0.3) is 0 Å². The molecule has 0 spiro atoms. The molecule has 1 heterocycles. The Balaban J connectivity index is 1.96. The number of nitrogens with zero attached hydrogens (tertiary/aromatic N) is 1. The first-order valence-corrected chi connectivity index (χ1v) is 9.78. The van der Waals surface area contributed by atoms with E-state index in [4.69, 9.17) is 0 Å². The molecule has 2 rings (SSSR count). The second-order valence-electron chi connectivity index (χ2n) is 8.16. The highest BCUT2D eigenvalue weighted by atomic mass is 16.4. The normalized spacial score (nSPS) is 20.1. The molecule has 1 aliphatic rings. The van der Waals surface area contributed by atoms with E-state index in [-0.39, 0.29) is 24.3 Å². The third kappa shape index (κ3) is 5.97. The van der Waals surface area contributed by atoms with Crippen molar-refractivity contribution < 1.29 is 19.5 Å². The number of likely N-dealkylation sites (tertiary alicyclic amines) is 1. The Morgan fingerprint density at radius 1 is 1.18 bits per heavy atom. The van der Waals surface area contributed by atoms with Crippen LogP contribution in [0.5, 0.6) is 0 Å². The van der Waals surface area contributed by atoms with Crippen molar-refractivity contribution in [1.29, 1.82) is 0 Å². The minimum absolute atomic E-state index is 0.100. The molecule has 1 saturated heterocycles. The number of hydrogen-bond acceptors (Lipinski definition) is 3. The molecule has 0 aliphatic carbocycles. The van der Waals surface area contributed by atoms with Crippen LogP contribution in [0.15, 0.2) is 24.3 Å². The van der Waals surface area contributed by atoms with Crippen molar-refractivity contribution in [3.63, 3.8) is 0 Å². The van der Waals surface area contributed by atoms with Gasteiger partial charge >= 0.3 is 12.0 Å². The lowest BCUT2D eigenvalue weighted by Gasteiger charge is -2.25. The number of nitrogens with one attached hydrogen (secondary N) is 2. The van der Waals surface area contributed by atoms with Crippen LogP contribution in [0.2, 0.25) is 0 Å². The van der Waals surface area contributed by atoms with Crippen molar-refractivity contribution in [2.45, 2.75) is 46.7 Å². The van der Waals surface area contributed by atoms with Gasteiger partial charge in [-0.15, -0.1) is 0 Å². The van der Waals surface area contributed by atoms with Crippen LogP contribution >= 0.6 is 0 Å². The van der Waals surface area contributed by atoms with Gasteiger partial charge in [-0.05, 0) is 30.7 Å². The topological polar surface area (TPSA) is 98.7 Å². The Labute approximate surface area is 166 Å². The molecule has 3 N–H and O–H groups in total. The summed E-state index contributed by atoms with van der Waals surface area (Å²) < 4.78 is 0. The van der Waals surface area contributed by atoms with Crippen molar-refractivity contribution >= 4 is 17.9 Å². The van der Waals surface area contributed by atoms with E-state index in [1.54, 1.807) is 4.90 Å². The van der Waals surface area contributed by atoms with Gasteiger partial charge in [-0.1, -0.05) is 50.6 Å². The first-order chi connectivity index (χ1) is 13.2. The second kappa shape index (κ2) is 9.57. The van der Waals surface area contributed by atoms with E-state index in [1.165, 1.54) is 0 Å². The average Bonchev–Trinajstić information content (AvgIpc) is 3.01. The molecule has 28 heavy (non-hydrogen) atoms. The molecular formula is C21H31N3O4. The number of carboxylic acids is 1. The van der Waals surface area contributed by atoms with Gasteiger partial charge in [-0.3, -0.25) is 9.59 Å². The van der Waals surface area contributed by atoms with Gasteiger partial charge in [0.1, 0.15) is 6.04 Å². The summed E-state index contributed by atoms with van der Waals surface area (Å²) in [5.41, 5.74) is 2.13. The van der Waals surface area contributed by atoms with Crippen molar-refractivity contribution in [2.75, 3.05) is 13.1 Å². The number of amides is 3. The average molecular weight is 389 g/mol. The van der Waals surface area contributed by atoms with E-state index in [1.807, 2.05) is 52.0 Å². The van der Waals surface area contributed by atoms with Gasteiger partial charge in [0, 0.05) is 19.6 Å². The molecule has 1 aliphatic heterocycles. The van der Waals surface area contributed by atoms with E-state index in [9.17, 15) is 19.5 Å². The van der Waals surface area contributed by atoms with Crippen LogP contribution in [0.25, 0.3) is 0 Å². The zero-order chi connectivity index (χ0) is 20.8. The summed E-state index contributed by atoms with van der Waals surface area (Å²) in [6, 6.07) is 6.79. The van der Waals surface area contributed by atoms with Gasteiger partial charge in [0.15, 0.2) is 0 Å². The van der Waals surface area contributed by atoms with Crippen molar-refractivity contribution in [1.82, 2.24) is 15.5 Å². The van der Waals surface area contributed by atoms with Crippen LogP contribution in [0, 0.1) is 24.7 Å². The quantitative estimate of drug-likeness (QED) is 0.667. The summed E-state index contributed by atoms with van der Waals surface area (Å²) in [4.78, 5) is 38.2. The summed E-state index contributed by atoms with van der Waals surface area (Å²) in [7, 11) is 0. The van der Waals surface area contributed by atoms with Crippen molar-refractivity contribution in [3.05, 3.63) is 35.4 Å². The number of carbonyl (C=O) groups excluding carboxylic acids is 2. The molecule has 3 amide bonds. The maximum absolute atomic E-state index is 12.9. The molecule has 0 saturated carbocycles. The lowest BCUT2D eigenvalue weighted by atomic mass is 9.99. The molecule has 3 atom stereocenters. The summed E-state index contributed by atoms with van der Waals surface area (Å²) in [6.07, 6.45) is 0.499. The highest BCUT2D eigenvalue weighted by Crippen LogP contribution is 2.24. The van der Waals surface area contributed by atoms with Gasteiger partial charge in [0.2, 0.25) is 5.91 Å². The van der Waals surface area contributed by atoms with Gasteiger partial charge in [-0.2, -0.15) is 0 Å². The van der Waals surface area contributed by atoms with Gasteiger partial charge in [0.05, 0.1) is 5.92 Å². The zero-order valence-corrected chi connectivity index (χ0v) is 17.1. The molecule has 1 unspecified atom stereocenters. The van der Waals surface area contributed by atoms with Crippen LogP contribution in [-0.4, -0.2) is 47.0 Å². The number of aryl methyl sites for hydroxylation is 1.